The van der Waals surface area contributed by atoms with Gasteiger partial charge in [0.2, 0.25) is 11.5 Å². The van der Waals surface area contributed by atoms with Crippen molar-refractivity contribution in [3.05, 3.63) is 70.5 Å². The van der Waals surface area contributed by atoms with Gasteiger partial charge < -0.3 is 19.7 Å². The van der Waals surface area contributed by atoms with Crippen molar-refractivity contribution in [3.8, 4) is 0 Å². The Labute approximate surface area is 191 Å². The van der Waals surface area contributed by atoms with Gasteiger partial charge in [-0.2, -0.15) is 0 Å². The molecule has 0 radical (unpaired) electrons. The molecule has 1 amide bonds. The minimum absolute atomic E-state index is 0.229. The number of nitrogens with zero attached hydrogens (tertiary/aromatic N) is 3. The van der Waals surface area contributed by atoms with Gasteiger partial charge in [-0.1, -0.05) is 56.3 Å². The Hall–Kier alpha value is -3.81. The summed E-state index contributed by atoms with van der Waals surface area (Å²) in [6.45, 7) is 6.12. The van der Waals surface area contributed by atoms with Crippen LogP contribution in [0.4, 0.5) is 10.7 Å². The standard InChI is InChI=1S/C25H28N4O4/c1-17(2)15-28(14-8-13-26-25(31)32)24-27-21-19-11-6-7-12-20(19)33-22(21)23(30)29(24)16-18-9-4-3-5-10-18/h3-7,9-12,17,26H,8,13-16H2,1-2H3,(H,31,32). The number of carbonyl (C=O) groups is 1. The molecular weight excluding hydrogens is 420 g/mol. The van der Waals surface area contributed by atoms with Crippen molar-refractivity contribution < 1.29 is 14.3 Å². The Balaban J connectivity index is 1.84. The Morgan fingerprint density at radius 2 is 1.88 bits per heavy atom. The van der Waals surface area contributed by atoms with Crippen LogP contribution in [0.5, 0.6) is 0 Å². The fraction of sp³-hybridized carbons (Fsp3) is 0.320. The number of rotatable bonds is 9. The number of furan rings is 1. The van der Waals surface area contributed by atoms with Crippen molar-refractivity contribution in [2.24, 2.45) is 5.92 Å². The molecule has 0 aliphatic rings. The molecule has 0 unspecified atom stereocenters. The minimum Gasteiger partial charge on any atom is -0.465 e. The van der Waals surface area contributed by atoms with E-state index in [0.29, 0.717) is 55.6 Å². The molecule has 0 aliphatic carbocycles. The van der Waals surface area contributed by atoms with Crippen molar-refractivity contribution in [2.75, 3.05) is 24.5 Å². The van der Waals surface area contributed by atoms with Crippen LogP contribution in [0, 0.1) is 5.92 Å². The van der Waals surface area contributed by atoms with Gasteiger partial charge in [-0.25, -0.2) is 9.78 Å². The zero-order valence-electron chi connectivity index (χ0n) is 18.8. The number of carboxylic acid groups (broad SMARTS) is 1. The van der Waals surface area contributed by atoms with Crippen LogP contribution < -0.4 is 15.8 Å². The minimum atomic E-state index is -1.05. The first-order chi connectivity index (χ1) is 15.9. The second kappa shape index (κ2) is 9.77. The summed E-state index contributed by atoms with van der Waals surface area (Å²) in [6.07, 6.45) is -0.458. The maximum atomic E-state index is 13.6. The van der Waals surface area contributed by atoms with Gasteiger partial charge in [0, 0.05) is 25.0 Å². The topological polar surface area (TPSA) is 101 Å². The van der Waals surface area contributed by atoms with Gasteiger partial charge in [0.1, 0.15) is 11.1 Å². The van der Waals surface area contributed by atoms with E-state index in [4.69, 9.17) is 14.5 Å². The van der Waals surface area contributed by atoms with Gasteiger partial charge in [-0.15, -0.1) is 0 Å². The molecule has 33 heavy (non-hydrogen) atoms. The second-order valence-electron chi connectivity index (χ2n) is 8.49. The first-order valence-electron chi connectivity index (χ1n) is 11.1. The molecule has 0 bridgehead atoms. The van der Waals surface area contributed by atoms with Gasteiger partial charge >= 0.3 is 6.09 Å². The molecule has 0 saturated carbocycles. The summed E-state index contributed by atoms with van der Waals surface area (Å²) < 4.78 is 7.57. The molecule has 2 heterocycles. The highest BCUT2D eigenvalue weighted by Gasteiger charge is 2.22. The van der Waals surface area contributed by atoms with E-state index >= 15 is 0 Å². The lowest BCUT2D eigenvalue weighted by Crippen LogP contribution is -2.37. The number of hydrogen-bond donors (Lipinski definition) is 2. The molecule has 2 aromatic carbocycles. The van der Waals surface area contributed by atoms with Crippen molar-refractivity contribution in [3.63, 3.8) is 0 Å². The number of benzene rings is 2. The highest BCUT2D eigenvalue weighted by Crippen LogP contribution is 2.27. The molecule has 8 heteroatoms. The second-order valence-corrected chi connectivity index (χ2v) is 8.49. The van der Waals surface area contributed by atoms with E-state index in [0.717, 1.165) is 10.9 Å². The van der Waals surface area contributed by atoms with Gasteiger partial charge in [0.15, 0.2) is 0 Å². The number of para-hydroxylation sites is 1. The molecule has 172 valence electrons. The van der Waals surface area contributed by atoms with Crippen LogP contribution in [0.15, 0.2) is 63.8 Å². The number of amides is 1. The third kappa shape index (κ3) is 5.00. The van der Waals surface area contributed by atoms with E-state index in [1.807, 2.05) is 54.6 Å². The maximum Gasteiger partial charge on any atom is 0.404 e. The molecule has 0 atom stereocenters. The van der Waals surface area contributed by atoms with E-state index in [9.17, 15) is 9.59 Å². The first kappa shape index (κ1) is 22.4. The lowest BCUT2D eigenvalue weighted by molar-refractivity contribution is 0.194. The average Bonchev–Trinajstić information content (AvgIpc) is 3.17. The largest absolute Gasteiger partial charge is 0.465 e. The van der Waals surface area contributed by atoms with E-state index in [-0.39, 0.29) is 11.1 Å². The predicted molar refractivity (Wildman–Crippen MR) is 129 cm³/mol. The molecule has 0 fully saturated rings. The molecule has 0 aliphatic heterocycles. The average molecular weight is 449 g/mol. The highest BCUT2D eigenvalue weighted by atomic mass is 16.4. The summed E-state index contributed by atoms with van der Waals surface area (Å²) in [4.78, 5) is 31.5. The van der Waals surface area contributed by atoms with Gasteiger partial charge in [0.25, 0.3) is 5.56 Å². The smallest absolute Gasteiger partial charge is 0.404 e. The Kier molecular flexibility index (Phi) is 6.63. The zero-order valence-corrected chi connectivity index (χ0v) is 18.8. The molecular formula is C25H28N4O4. The normalized spacial score (nSPS) is 11.4. The van der Waals surface area contributed by atoms with E-state index in [2.05, 4.69) is 24.1 Å². The van der Waals surface area contributed by atoms with Crippen LogP contribution in [0.25, 0.3) is 22.1 Å². The van der Waals surface area contributed by atoms with Gasteiger partial charge in [-0.05, 0) is 30.0 Å². The summed E-state index contributed by atoms with van der Waals surface area (Å²) in [7, 11) is 0. The van der Waals surface area contributed by atoms with Crippen LogP contribution in [-0.4, -0.2) is 40.4 Å². The highest BCUT2D eigenvalue weighted by molar-refractivity contribution is 6.02. The summed E-state index contributed by atoms with van der Waals surface area (Å²) in [5.74, 6) is 0.878. The first-order valence-corrected chi connectivity index (χ1v) is 11.1. The fourth-order valence-corrected chi connectivity index (χ4v) is 3.99. The summed E-state index contributed by atoms with van der Waals surface area (Å²) in [5.41, 5.74) is 2.17. The number of fused-ring (bicyclic) bond motifs is 3. The van der Waals surface area contributed by atoms with Crippen LogP contribution >= 0.6 is 0 Å². The predicted octanol–water partition coefficient (Wildman–Crippen LogP) is 4.31. The molecule has 4 aromatic rings. The molecule has 8 nitrogen and oxygen atoms in total. The lowest BCUT2D eigenvalue weighted by Gasteiger charge is -2.28. The zero-order chi connectivity index (χ0) is 23.4. The third-order valence-corrected chi connectivity index (χ3v) is 5.39. The molecule has 4 rings (SSSR count). The van der Waals surface area contributed by atoms with E-state index < -0.39 is 6.09 Å². The molecule has 0 saturated heterocycles. The summed E-state index contributed by atoms with van der Waals surface area (Å²) >= 11 is 0. The van der Waals surface area contributed by atoms with Crippen molar-refractivity contribution in [1.82, 2.24) is 14.9 Å². The monoisotopic (exact) mass is 448 g/mol. The number of nitrogens with one attached hydrogen (secondary N) is 1. The van der Waals surface area contributed by atoms with E-state index in [1.165, 1.54) is 0 Å². The Morgan fingerprint density at radius 3 is 2.61 bits per heavy atom. The van der Waals surface area contributed by atoms with Gasteiger partial charge in [0.05, 0.1) is 6.54 Å². The van der Waals surface area contributed by atoms with Crippen LogP contribution in [0.3, 0.4) is 0 Å². The van der Waals surface area contributed by atoms with Crippen molar-refractivity contribution in [1.29, 1.82) is 0 Å². The van der Waals surface area contributed by atoms with Crippen LogP contribution in [0.2, 0.25) is 0 Å². The Bertz CT molecular complexity index is 1310. The maximum absolute atomic E-state index is 13.6. The van der Waals surface area contributed by atoms with Crippen molar-refractivity contribution >= 4 is 34.1 Å². The molecule has 2 aromatic heterocycles. The summed E-state index contributed by atoms with van der Waals surface area (Å²) in [5, 5.41) is 12.1. The number of hydrogen-bond acceptors (Lipinski definition) is 5. The lowest BCUT2D eigenvalue weighted by atomic mass is 10.2. The number of aromatic nitrogens is 2. The van der Waals surface area contributed by atoms with Gasteiger partial charge in [-0.3, -0.25) is 9.36 Å². The quantitative estimate of drug-likeness (QED) is 0.370. The summed E-state index contributed by atoms with van der Waals surface area (Å²) in [6, 6.07) is 17.3. The van der Waals surface area contributed by atoms with Crippen molar-refractivity contribution in [2.45, 2.75) is 26.8 Å². The fourth-order valence-electron chi connectivity index (χ4n) is 3.99. The molecule has 0 spiro atoms. The Morgan fingerprint density at radius 1 is 1.15 bits per heavy atom. The molecule has 2 N–H and O–H groups in total. The van der Waals surface area contributed by atoms with E-state index in [1.54, 1.807) is 4.57 Å². The van der Waals surface area contributed by atoms with Crippen LogP contribution in [-0.2, 0) is 6.54 Å². The third-order valence-electron chi connectivity index (χ3n) is 5.39. The van der Waals surface area contributed by atoms with Crippen LogP contribution in [0.1, 0.15) is 25.8 Å². The number of anilines is 1. The SMILES string of the molecule is CC(C)CN(CCCNC(=O)O)c1nc2c(oc3ccccc32)c(=O)n1Cc1ccccc1.